The summed E-state index contributed by atoms with van der Waals surface area (Å²) in [4.78, 5) is 29.3. The zero-order valence-electron chi connectivity index (χ0n) is 9.91. The van der Waals surface area contributed by atoms with Crippen LogP contribution in [-0.2, 0) is 14.4 Å². The number of hydrogen-bond acceptors (Lipinski definition) is 5. The third kappa shape index (κ3) is 2.45. The molecule has 2 rings (SSSR count). The number of nitrogens with zero attached hydrogens (tertiary/aromatic N) is 2. The quantitative estimate of drug-likeness (QED) is 0.715. The maximum absolute atomic E-state index is 12.2. The van der Waals surface area contributed by atoms with E-state index < -0.39 is 12.1 Å². The highest BCUT2D eigenvalue weighted by Crippen LogP contribution is 2.21. The number of aliphatic hydroxyl groups excluding tert-OH is 1. The second-order valence-corrected chi connectivity index (χ2v) is 4.51. The number of carboxylic acid groups (broad SMARTS) is 1. The molecule has 0 saturated carbocycles. The van der Waals surface area contributed by atoms with Gasteiger partial charge in [-0.2, -0.15) is 0 Å². The minimum atomic E-state index is -1.16. The standard InChI is InChI=1S/C11H16N2O5/c14-6-7-3-1-2-4-13(7)10(15)9-5-8(11(16)17)12-18-9/h7,9,14H,1-6H2,(H,16,17). The fraction of sp³-hybridized carbons (Fsp3) is 0.727. The van der Waals surface area contributed by atoms with Gasteiger partial charge in [0.15, 0.2) is 5.71 Å². The molecule has 18 heavy (non-hydrogen) atoms. The van der Waals surface area contributed by atoms with Gasteiger partial charge in [-0.25, -0.2) is 4.79 Å². The SMILES string of the molecule is O=C(O)C1=NOC(C(=O)N2CCCCC2CO)C1. The second-order valence-electron chi connectivity index (χ2n) is 4.51. The molecule has 100 valence electrons. The van der Waals surface area contributed by atoms with Crippen LogP contribution in [0.5, 0.6) is 0 Å². The number of aliphatic hydroxyl groups is 1. The van der Waals surface area contributed by atoms with Crippen LogP contribution < -0.4 is 0 Å². The van der Waals surface area contributed by atoms with Crippen molar-refractivity contribution in [2.45, 2.75) is 37.8 Å². The van der Waals surface area contributed by atoms with Crippen molar-refractivity contribution < 1.29 is 24.6 Å². The lowest BCUT2D eigenvalue weighted by molar-refractivity contribution is -0.146. The first-order valence-electron chi connectivity index (χ1n) is 6.00. The van der Waals surface area contributed by atoms with E-state index in [0.717, 1.165) is 19.3 Å². The first kappa shape index (κ1) is 12.8. The Morgan fingerprint density at radius 3 is 2.83 bits per heavy atom. The van der Waals surface area contributed by atoms with Gasteiger partial charge in [-0.05, 0) is 19.3 Å². The summed E-state index contributed by atoms with van der Waals surface area (Å²) in [6.45, 7) is 0.497. The lowest BCUT2D eigenvalue weighted by atomic mass is 10.0. The second kappa shape index (κ2) is 5.34. The molecule has 2 aliphatic rings. The minimum absolute atomic E-state index is 0.0111. The van der Waals surface area contributed by atoms with Crippen LogP contribution in [0, 0.1) is 0 Å². The third-order valence-corrected chi connectivity index (χ3v) is 3.31. The summed E-state index contributed by atoms with van der Waals surface area (Å²) in [7, 11) is 0. The van der Waals surface area contributed by atoms with E-state index in [0.29, 0.717) is 6.54 Å². The highest BCUT2D eigenvalue weighted by atomic mass is 16.6. The number of hydrogen-bond donors (Lipinski definition) is 2. The maximum atomic E-state index is 12.2. The Morgan fingerprint density at radius 1 is 1.44 bits per heavy atom. The van der Waals surface area contributed by atoms with E-state index >= 15 is 0 Å². The molecular weight excluding hydrogens is 240 g/mol. The molecule has 0 aliphatic carbocycles. The first-order chi connectivity index (χ1) is 8.63. The Bertz CT molecular complexity index is 382. The van der Waals surface area contributed by atoms with E-state index in [2.05, 4.69) is 5.16 Å². The molecule has 2 N–H and O–H groups in total. The van der Waals surface area contributed by atoms with E-state index in [1.54, 1.807) is 4.90 Å². The van der Waals surface area contributed by atoms with E-state index in [4.69, 9.17) is 9.94 Å². The predicted molar refractivity (Wildman–Crippen MR) is 61.0 cm³/mol. The number of oxime groups is 1. The molecule has 2 atom stereocenters. The summed E-state index contributed by atoms with van der Waals surface area (Å²) in [5, 5.41) is 21.4. The Hall–Kier alpha value is -1.63. The van der Waals surface area contributed by atoms with Crippen LogP contribution in [0.15, 0.2) is 5.16 Å². The topological polar surface area (TPSA) is 99.4 Å². The number of carboxylic acids is 1. The summed E-state index contributed by atoms with van der Waals surface area (Å²) in [5.41, 5.74) is -0.133. The largest absolute Gasteiger partial charge is 0.477 e. The molecule has 2 aliphatic heterocycles. The van der Waals surface area contributed by atoms with Gasteiger partial charge in [-0.3, -0.25) is 4.79 Å². The summed E-state index contributed by atoms with van der Waals surface area (Å²) >= 11 is 0. The van der Waals surface area contributed by atoms with Crippen molar-refractivity contribution in [2.24, 2.45) is 5.16 Å². The zero-order chi connectivity index (χ0) is 13.1. The molecule has 0 aromatic heterocycles. The van der Waals surface area contributed by atoms with Gasteiger partial charge < -0.3 is 20.0 Å². The summed E-state index contributed by atoms with van der Waals surface area (Å²) in [6.07, 6.45) is 1.77. The van der Waals surface area contributed by atoms with Crippen LogP contribution in [0.1, 0.15) is 25.7 Å². The van der Waals surface area contributed by atoms with Crippen LogP contribution in [0.3, 0.4) is 0 Å². The number of piperidine rings is 1. The van der Waals surface area contributed by atoms with Crippen LogP contribution in [0.2, 0.25) is 0 Å². The van der Waals surface area contributed by atoms with Crippen molar-refractivity contribution in [3.8, 4) is 0 Å². The van der Waals surface area contributed by atoms with Crippen molar-refractivity contribution in [2.75, 3.05) is 13.2 Å². The molecule has 0 bridgehead atoms. The number of aliphatic carboxylic acids is 1. The van der Waals surface area contributed by atoms with E-state index in [1.165, 1.54) is 0 Å². The Kier molecular flexibility index (Phi) is 3.81. The molecule has 1 saturated heterocycles. The molecule has 2 unspecified atom stereocenters. The smallest absolute Gasteiger partial charge is 0.353 e. The van der Waals surface area contributed by atoms with E-state index in [9.17, 15) is 14.7 Å². The van der Waals surface area contributed by atoms with Gasteiger partial charge in [0.25, 0.3) is 5.91 Å². The third-order valence-electron chi connectivity index (χ3n) is 3.31. The zero-order valence-corrected chi connectivity index (χ0v) is 9.91. The predicted octanol–water partition coefficient (Wildman–Crippen LogP) is -0.411. The van der Waals surface area contributed by atoms with Crippen molar-refractivity contribution in [1.29, 1.82) is 0 Å². The molecule has 7 nitrogen and oxygen atoms in total. The van der Waals surface area contributed by atoms with Gasteiger partial charge in [0, 0.05) is 13.0 Å². The van der Waals surface area contributed by atoms with Gasteiger partial charge in [-0.1, -0.05) is 5.16 Å². The molecule has 1 amide bonds. The first-order valence-corrected chi connectivity index (χ1v) is 6.00. The monoisotopic (exact) mass is 256 g/mol. The fourth-order valence-electron chi connectivity index (χ4n) is 2.30. The van der Waals surface area contributed by atoms with Crippen LogP contribution in [0.4, 0.5) is 0 Å². The molecule has 2 heterocycles. The maximum Gasteiger partial charge on any atom is 0.353 e. The van der Waals surface area contributed by atoms with Gasteiger partial charge in [0.2, 0.25) is 6.10 Å². The lowest BCUT2D eigenvalue weighted by Crippen LogP contribution is -2.49. The number of carbonyl (C=O) groups excluding carboxylic acids is 1. The van der Waals surface area contributed by atoms with Gasteiger partial charge in [0.05, 0.1) is 12.6 Å². The molecule has 0 aromatic rings. The summed E-state index contributed by atoms with van der Waals surface area (Å²) < 4.78 is 0. The van der Waals surface area contributed by atoms with Crippen molar-refractivity contribution in [3.05, 3.63) is 0 Å². The lowest BCUT2D eigenvalue weighted by Gasteiger charge is -2.35. The average molecular weight is 256 g/mol. The Balaban J connectivity index is 1.98. The molecular formula is C11H16N2O5. The number of amides is 1. The van der Waals surface area contributed by atoms with E-state index in [-0.39, 0.29) is 30.7 Å². The van der Waals surface area contributed by atoms with E-state index in [1.807, 2.05) is 0 Å². The summed E-state index contributed by atoms with van der Waals surface area (Å²) in [5.74, 6) is -1.45. The van der Waals surface area contributed by atoms with Gasteiger partial charge in [0.1, 0.15) is 0 Å². The summed E-state index contributed by atoms with van der Waals surface area (Å²) in [6, 6.07) is -0.191. The Morgan fingerprint density at radius 2 is 2.22 bits per heavy atom. The molecule has 0 spiro atoms. The van der Waals surface area contributed by atoms with Crippen LogP contribution in [-0.4, -0.2) is 58.0 Å². The molecule has 0 radical (unpaired) electrons. The Labute approximate surface area is 104 Å². The molecule has 7 heteroatoms. The highest BCUT2D eigenvalue weighted by Gasteiger charge is 2.37. The molecule has 1 fully saturated rings. The fourth-order valence-corrected chi connectivity index (χ4v) is 2.30. The van der Waals surface area contributed by atoms with Crippen molar-refractivity contribution in [3.63, 3.8) is 0 Å². The highest BCUT2D eigenvalue weighted by molar-refractivity contribution is 6.36. The molecule has 0 aromatic carbocycles. The van der Waals surface area contributed by atoms with Crippen molar-refractivity contribution in [1.82, 2.24) is 4.90 Å². The van der Waals surface area contributed by atoms with Crippen molar-refractivity contribution >= 4 is 17.6 Å². The number of likely N-dealkylation sites (tertiary alicyclic amines) is 1. The number of rotatable bonds is 3. The minimum Gasteiger partial charge on any atom is -0.477 e. The number of carbonyl (C=O) groups is 2. The van der Waals surface area contributed by atoms with Gasteiger partial charge in [-0.15, -0.1) is 0 Å². The average Bonchev–Trinajstić information content (AvgIpc) is 2.87. The van der Waals surface area contributed by atoms with Crippen LogP contribution >= 0.6 is 0 Å². The van der Waals surface area contributed by atoms with Crippen LogP contribution in [0.25, 0.3) is 0 Å². The normalized spacial score (nSPS) is 27.6. The van der Waals surface area contributed by atoms with Gasteiger partial charge >= 0.3 is 5.97 Å².